The van der Waals surface area contributed by atoms with E-state index in [0.29, 0.717) is 6.17 Å². The standard InChI is InChI=1S/C18H26N4S/c1-5-6-10-19-15(3)22(4)11-9-14(2)21-16-7-8-18-17(12-16)20-13-23-18/h7-9,11-13,15,19,21H,2,5-6,10H2,1,3-4H3/b11-9-. The van der Waals surface area contributed by atoms with Gasteiger partial charge in [0.1, 0.15) is 0 Å². The number of aromatic nitrogens is 1. The zero-order valence-electron chi connectivity index (χ0n) is 14.2. The first kappa shape index (κ1) is 17.5. The number of thiazole rings is 1. The zero-order chi connectivity index (χ0) is 16.7. The normalized spacial score (nSPS) is 12.7. The van der Waals surface area contributed by atoms with E-state index in [9.17, 15) is 0 Å². The third-order valence-electron chi connectivity index (χ3n) is 3.73. The van der Waals surface area contributed by atoms with Gasteiger partial charge in [0.15, 0.2) is 0 Å². The van der Waals surface area contributed by atoms with Crippen LogP contribution in [0.5, 0.6) is 0 Å². The largest absolute Gasteiger partial charge is 0.365 e. The maximum atomic E-state index is 4.33. The summed E-state index contributed by atoms with van der Waals surface area (Å²) in [5.41, 5.74) is 4.75. The Hall–Kier alpha value is -1.85. The van der Waals surface area contributed by atoms with Crippen molar-refractivity contribution in [2.75, 3.05) is 18.9 Å². The van der Waals surface area contributed by atoms with Gasteiger partial charge < -0.3 is 10.2 Å². The Balaban J connectivity index is 1.85. The van der Waals surface area contributed by atoms with Crippen molar-refractivity contribution in [2.24, 2.45) is 0 Å². The van der Waals surface area contributed by atoms with Crippen molar-refractivity contribution < 1.29 is 0 Å². The molecule has 1 aromatic carbocycles. The summed E-state index contributed by atoms with van der Waals surface area (Å²) in [6, 6.07) is 6.18. The van der Waals surface area contributed by atoms with Gasteiger partial charge in [0.05, 0.1) is 21.9 Å². The molecule has 0 aliphatic rings. The number of hydrogen-bond acceptors (Lipinski definition) is 5. The van der Waals surface area contributed by atoms with E-state index in [4.69, 9.17) is 0 Å². The Bertz CT molecular complexity index is 662. The Morgan fingerprint density at radius 3 is 3.09 bits per heavy atom. The molecule has 0 fully saturated rings. The van der Waals surface area contributed by atoms with Gasteiger partial charge in [0.2, 0.25) is 0 Å². The van der Waals surface area contributed by atoms with E-state index in [0.717, 1.165) is 23.4 Å². The van der Waals surface area contributed by atoms with Crippen LogP contribution in [0.4, 0.5) is 5.69 Å². The first-order valence-electron chi connectivity index (χ1n) is 8.03. The SMILES string of the molecule is C=C(/C=C\N(C)C(C)NCCCC)Nc1ccc2scnc2c1. The molecule has 0 spiro atoms. The van der Waals surface area contributed by atoms with E-state index in [1.165, 1.54) is 17.5 Å². The van der Waals surface area contributed by atoms with Crippen LogP contribution in [0.25, 0.3) is 10.2 Å². The second-order valence-electron chi connectivity index (χ2n) is 5.65. The number of benzene rings is 1. The van der Waals surface area contributed by atoms with Gasteiger partial charge in [-0.3, -0.25) is 5.32 Å². The van der Waals surface area contributed by atoms with E-state index in [1.54, 1.807) is 11.3 Å². The van der Waals surface area contributed by atoms with E-state index in [-0.39, 0.29) is 0 Å². The molecule has 23 heavy (non-hydrogen) atoms. The van der Waals surface area contributed by atoms with Gasteiger partial charge in [-0.05, 0) is 44.2 Å². The summed E-state index contributed by atoms with van der Waals surface area (Å²) in [5, 5.41) is 6.80. The number of rotatable bonds is 9. The summed E-state index contributed by atoms with van der Waals surface area (Å²) < 4.78 is 1.20. The number of anilines is 1. The summed E-state index contributed by atoms with van der Waals surface area (Å²) >= 11 is 1.65. The molecule has 1 atom stereocenters. The molecule has 124 valence electrons. The molecule has 0 aliphatic carbocycles. The van der Waals surface area contributed by atoms with Crippen molar-refractivity contribution >= 4 is 27.2 Å². The summed E-state index contributed by atoms with van der Waals surface area (Å²) in [5.74, 6) is 0. The number of allylic oxidation sites excluding steroid dienone is 1. The third kappa shape index (κ3) is 5.37. The lowest BCUT2D eigenvalue weighted by Crippen LogP contribution is -2.38. The van der Waals surface area contributed by atoms with Crippen molar-refractivity contribution in [1.82, 2.24) is 15.2 Å². The highest BCUT2D eigenvalue weighted by atomic mass is 32.1. The van der Waals surface area contributed by atoms with Crippen molar-refractivity contribution in [2.45, 2.75) is 32.9 Å². The minimum atomic E-state index is 0.303. The molecule has 0 bridgehead atoms. The number of nitrogens with one attached hydrogen (secondary N) is 2. The average molecular weight is 331 g/mol. The summed E-state index contributed by atoms with van der Waals surface area (Å²) in [6.07, 6.45) is 6.75. The molecule has 0 radical (unpaired) electrons. The highest BCUT2D eigenvalue weighted by Gasteiger charge is 2.03. The van der Waals surface area contributed by atoms with Gasteiger partial charge in [-0.15, -0.1) is 11.3 Å². The predicted octanol–water partition coefficient (Wildman–Crippen LogP) is 4.40. The maximum Gasteiger partial charge on any atom is 0.0832 e. The van der Waals surface area contributed by atoms with Crippen LogP contribution in [0.15, 0.2) is 48.3 Å². The van der Waals surface area contributed by atoms with E-state index in [1.807, 2.05) is 23.9 Å². The maximum absolute atomic E-state index is 4.33. The van der Waals surface area contributed by atoms with Crippen LogP contribution in [0.3, 0.4) is 0 Å². The molecule has 1 aromatic heterocycles. The van der Waals surface area contributed by atoms with Crippen LogP contribution < -0.4 is 10.6 Å². The molecule has 5 heteroatoms. The van der Waals surface area contributed by atoms with Crippen LogP contribution in [-0.4, -0.2) is 29.6 Å². The monoisotopic (exact) mass is 330 g/mol. The fourth-order valence-corrected chi connectivity index (χ4v) is 2.79. The molecule has 2 aromatic rings. The molecule has 0 amide bonds. The third-order valence-corrected chi connectivity index (χ3v) is 4.54. The molecule has 0 saturated heterocycles. The second kappa shape index (κ2) is 8.70. The molecule has 2 rings (SSSR count). The van der Waals surface area contributed by atoms with Gasteiger partial charge in [0.25, 0.3) is 0 Å². The topological polar surface area (TPSA) is 40.2 Å². The van der Waals surface area contributed by atoms with Crippen LogP contribution >= 0.6 is 11.3 Å². The van der Waals surface area contributed by atoms with Gasteiger partial charge in [-0.1, -0.05) is 19.9 Å². The average Bonchev–Trinajstić information content (AvgIpc) is 3.00. The fraction of sp³-hybridized carbons (Fsp3) is 0.389. The molecule has 4 nitrogen and oxygen atoms in total. The van der Waals surface area contributed by atoms with E-state index in [2.05, 4.69) is 60.1 Å². The smallest absolute Gasteiger partial charge is 0.0832 e. The van der Waals surface area contributed by atoms with Gasteiger partial charge >= 0.3 is 0 Å². The van der Waals surface area contributed by atoms with Crippen LogP contribution in [0, 0.1) is 0 Å². The van der Waals surface area contributed by atoms with Crippen molar-refractivity contribution in [3.8, 4) is 0 Å². The lowest BCUT2D eigenvalue weighted by Gasteiger charge is -2.24. The van der Waals surface area contributed by atoms with Crippen molar-refractivity contribution in [3.63, 3.8) is 0 Å². The lowest BCUT2D eigenvalue weighted by atomic mass is 10.3. The van der Waals surface area contributed by atoms with Gasteiger partial charge in [-0.2, -0.15) is 0 Å². The first-order valence-corrected chi connectivity index (χ1v) is 8.91. The number of nitrogens with zero attached hydrogens (tertiary/aromatic N) is 2. The Morgan fingerprint density at radius 2 is 2.30 bits per heavy atom. The first-order chi connectivity index (χ1) is 11.1. The highest BCUT2D eigenvalue weighted by molar-refractivity contribution is 7.16. The molecule has 2 N–H and O–H groups in total. The fourth-order valence-electron chi connectivity index (χ4n) is 2.13. The second-order valence-corrected chi connectivity index (χ2v) is 6.54. The summed E-state index contributed by atoms with van der Waals surface area (Å²) in [4.78, 5) is 6.48. The number of hydrogen-bond donors (Lipinski definition) is 2. The van der Waals surface area contributed by atoms with Crippen LogP contribution in [0.2, 0.25) is 0 Å². The number of unbranched alkanes of at least 4 members (excludes halogenated alkanes) is 1. The summed E-state index contributed by atoms with van der Waals surface area (Å²) in [6.45, 7) is 9.47. The Morgan fingerprint density at radius 1 is 1.48 bits per heavy atom. The van der Waals surface area contributed by atoms with E-state index >= 15 is 0 Å². The van der Waals surface area contributed by atoms with Crippen LogP contribution in [0.1, 0.15) is 26.7 Å². The minimum Gasteiger partial charge on any atom is -0.365 e. The molecular weight excluding hydrogens is 304 g/mol. The predicted molar refractivity (Wildman–Crippen MR) is 102 cm³/mol. The van der Waals surface area contributed by atoms with E-state index < -0.39 is 0 Å². The molecule has 0 aliphatic heterocycles. The quantitative estimate of drug-likeness (QED) is 0.406. The zero-order valence-corrected chi connectivity index (χ0v) is 15.0. The lowest BCUT2D eigenvalue weighted by molar-refractivity contribution is 0.296. The summed E-state index contributed by atoms with van der Waals surface area (Å²) in [7, 11) is 2.06. The number of fused-ring (bicyclic) bond motifs is 1. The minimum absolute atomic E-state index is 0.303. The Kier molecular flexibility index (Phi) is 6.62. The van der Waals surface area contributed by atoms with Crippen molar-refractivity contribution in [1.29, 1.82) is 0 Å². The van der Waals surface area contributed by atoms with Crippen molar-refractivity contribution in [3.05, 3.63) is 48.3 Å². The Labute approximate surface area is 142 Å². The molecule has 1 unspecified atom stereocenters. The van der Waals surface area contributed by atoms with Crippen LogP contribution in [-0.2, 0) is 0 Å². The molecular formula is C18H26N4S. The van der Waals surface area contributed by atoms with Gasteiger partial charge in [-0.25, -0.2) is 4.98 Å². The molecule has 0 saturated carbocycles. The molecule has 1 heterocycles. The highest BCUT2D eigenvalue weighted by Crippen LogP contribution is 2.22. The van der Waals surface area contributed by atoms with Gasteiger partial charge in [0, 0.05) is 24.6 Å².